The molecule has 1 aromatic carbocycles. The minimum atomic E-state index is -1.26. The third-order valence-corrected chi connectivity index (χ3v) is 5.81. The highest BCUT2D eigenvalue weighted by molar-refractivity contribution is 7.81. The molecule has 2 aromatic rings. The number of aromatic nitrogens is 2. The minimum absolute atomic E-state index is 0.0826. The summed E-state index contributed by atoms with van der Waals surface area (Å²) < 4.78 is 27.8. The number of hydrogen-bond acceptors (Lipinski definition) is 5. The molecule has 1 saturated heterocycles. The van der Waals surface area contributed by atoms with Gasteiger partial charge in [-0.15, -0.1) is 0 Å². The van der Waals surface area contributed by atoms with E-state index in [9.17, 15) is 23.3 Å². The largest absolute Gasteiger partial charge is 0.501 e. The molecule has 1 fully saturated rings. The Morgan fingerprint density at radius 1 is 1.39 bits per heavy atom. The van der Waals surface area contributed by atoms with E-state index in [1.54, 1.807) is 10.6 Å². The van der Waals surface area contributed by atoms with Gasteiger partial charge in [-0.3, -0.25) is 14.2 Å². The molecule has 1 amide bonds. The summed E-state index contributed by atoms with van der Waals surface area (Å²) in [6.07, 6.45) is 2.97. The first-order chi connectivity index (χ1) is 13.3. The Hall–Kier alpha value is -2.59. The third kappa shape index (κ3) is 3.97. The number of benzene rings is 1. The summed E-state index contributed by atoms with van der Waals surface area (Å²) >= 11 is 0. The number of rotatable bonds is 5. The molecular formula is C18H21FN4O4S. The van der Waals surface area contributed by atoms with Crippen molar-refractivity contribution in [2.45, 2.75) is 25.4 Å². The average Bonchev–Trinajstić information content (AvgIpc) is 3.15. The van der Waals surface area contributed by atoms with Gasteiger partial charge in [-0.25, -0.2) is 17.9 Å². The van der Waals surface area contributed by atoms with Crippen LogP contribution >= 0.6 is 0 Å². The molecule has 3 rings (SSSR count). The monoisotopic (exact) mass is 408 g/mol. The molecular weight excluding hydrogens is 387 g/mol. The fraction of sp³-hybridized carbons (Fsp3) is 0.389. The molecule has 0 aliphatic carbocycles. The summed E-state index contributed by atoms with van der Waals surface area (Å²) in [5, 5.41) is 12.7. The predicted octanol–water partition coefficient (Wildman–Crippen LogP) is 0.985. The van der Waals surface area contributed by atoms with Gasteiger partial charge >= 0.3 is 0 Å². The molecule has 1 aliphatic heterocycles. The van der Waals surface area contributed by atoms with Crippen molar-refractivity contribution in [2.75, 3.05) is 12.8 Å². The molecule has 1 aromatic heterocycles. The van der Waals surface area contributed by atoms with Crippen LogP contribution in [0.4, 0.5) is 4.39 Å². The van der Waals surface area contributed by atoms with E-state index in [0.717, 1.165) is 6.42 Å². The van der Waals surface area contributed by atoms with Gasteiger partial charge < -0.3 is 10.4 Å². The van der Waals surface area contributed by atoms with Gasteiger partial charge in [0.25, 0.3) is 11.5 Å². The summed E-state index contributed by atoms with van der Waals surface area (Å²) in [5.41, 5.74) is -0.471. The Kier molecular flexibility index (Phi) is 5.90. The van der Waals surface area contributed by atoms with Gasteiger partial charge in [-0.05, 0) is 30.5 Å². The summed E-state index contributed by atoms with van der Waals surface area (Å²) in [5.74, 6) is -1.57. The van der Waals surface area contributed by atoms with Crippen LogP contribution in [0.25, 0.3) is 0 Å². The maximum absolute atomic E-state index is 13.0. The van der Waals surface area contributed by atoms with Crippen LogP contribution in [0.1, 0.15) is 40.8 Å². The predicted molar refractivity (Wildman–Crippen MR) is 101 cm³/mol. The fourth-order valence-electron chi connectivity index (χ4n) is 3.24. The number of carbonyl (C=O) groups excluding carboxylic acids is 1. The Labute approximate surface area is 163 Å². The Morgan fingerprint density at radius 2 is 2.07 bits per heavy atom. The molecule has 150 valence electrons. The van der Waals surface area contributed by atoms with Crippen LogP contribution in [-0.2, 0) is 24.6 Å². The molecule has 2 unspecified atom stereocenters. The van der Waals surface area contributed by atoms with Crippen molar-refractivity contribution in [1.82, 2.24) is 19.2 Å². The number of hydrogen-bond donors (Lipinski definition) is 2. The number of amides is 1. The van der Waals surface area contributed by atoms with E-state index in [1.165, 1.54) is 35.9 Å². The highest BCUT2D eigenvalue weighted by Crippen LogP contribution is 2.31. The van der Waals surface area contributed by atoms with E-state index in [-0.39, 0.29) is 29.9 Å². The SMILES string of the molecule is Cn1c(C2CCCN2S(C)=O)nc(C(=O)NCc2ccc(F)cc2)c(O)c1=O. The van der Waals surface area contributed by atoms with Crippen LogP contribution in [0.3, 0.4) is 0 Å². The third-order valence-electron chi connectivity index (χ3n) is 4.71. The van der Waals surface area contributed by atoms with Crippen molar-refractivity contribution >= 4 is 16.9 Å². The van der Waals surface area contributed by atoms with E-state index < -0.39 is 28.2 Å². The summed E-state index contributed by atoms with van der Waals surface area (Å²) in [4.78, 5) is 29.2. The lowest BCUT2D eigenvalue weighted by Crippen LogP contribution is -2.34. The number of halogens is 1. The van der Waals surface area contributed by atoms with Crippen LogP contribution in [-0.4, -0.2) is 41.9 Å². The van der Waals surface area contributed by atoms with Crippen LogP contribution in [0.2, 0.25) is 0 Å². The summed E-state index contributed by atoms with van der Waals surface area (Å²) in [6, 6.07) is 5.20. The second-order valence-electron chi connectivity index (χ2n) is 6.56. The van der Waals surface area contributed by atoms with Gasteiger partial charge in [-0.1, -0.05) is 12.1 Å². The maximum Gasteiger partial charge on any atom is 0.296 e. The van der Waals surface area contributed by atoms with Crippen molar-refractivity contribution < 1.29 is 18.5 Å². The van der Waals surface area contributed by atoms with Crippen molar-refractivity contribution in [1.29, 1.82) is 0 Å². The zero-order valence-corrected chi connectivity index (χ0v) is 16.3. The topological polar surface area (TPSA) is 105 Å². The van der Waals surface area contributed by atoms with Crippen molar-refractivity contribution in [3.05, 3.63) is 57.5 Å². The minimum Gasteiger partial charge on any atom is -0.501 e. The molecule has 0 bridgehead atoms. The van der Waals surface area contributed by atoms with Gasteiger partial charge in [0, 0.05) is 26.4 Å². The number of aromatic hydroxyl groups is 1. The Bertz CT molecular complexity index is 977. The first-order valence-electron chi connectivity index (χ1n) is 8.72. The van der Waals surface area contributed by atoms with E-state index >= 15 is 0 Å². The van der Waals surface area contributed by atoms with Crippen molar-refractivity contribution in [3.63, 3.8) is 0 Å². The standard InChI is InChI=1S/C18H21FN4O4S/c1-22-16(13-4-3-9-23(13)28(2)27)21-14(15(24)18(22)26)17(25)20-10-11-5-7-12(19)8-6-11/h5-8,13,24H,3-4,9-10H2,1-2H3,(H,20,25). The van der Waals surface area contributed by atoms with Gasteiger partial charge in [0.2, 0.25) is 5.75 Å². The normalized spacial score (nSPS) is 18.2. The van der Waals surface area contributed by atoms with Crippen LogP contribution in [0.15, 0.2) is 29.1 Å². The number of carbonyl (C=O) groups is 1. The van der Waals surface area contributed by atoms with E-state index in [4.69, 9.17) is 0 Å². The molecule has 0 radical (unpaired) electrons. The molecule has 10 heteroatoms. The van der Waals surface area contributed by atoms with Crippen molar-refractivity contribution in [2.24, 2.45) is 7.05 Å². The van der Waals surface area contributed by atoms with Gasteiger partial charge in [0.05, 0.1) is 17.0 Å². The van der Waals surface area contributed by atoms with Gasteiger partial charge in [-0.2, -0.15) is 0 Å². The van der Waals surface area contributed by atoms with Crippen LogP contribution in [0, 0.1) is 5.82 Å². The Morgan fingerprint density at radius 3 is 2.71 bits per heavy atom. The van der Waals surface area contributed by atoms with E-state index in [2.05, 4.69) is 10.3 Å². The quantitative estimate of drug-likeness (QED) is 0.768. The highest BCUT2D eigenvalue weighted by atomic mass is 32.2. The number of nitrogens with one attached hydrogen (secondary N) is 1. The van der Waals surface area contributed by atoms with E-state index in [0.29, 0.717) is 18.5 Å². The Balaban J connectivity index is 1.89. The van der Waals surface area contributed by atoms with Crippen molar-refractivity contribution in [3.8, 4) is 5.75 Å². The lowest BCUT2D eigenvalue weighted by atomic mass is 10.2. The summed E-state index contributed by atoms with van der Waals surface area (Å²) in [6.45, 7) is 0.677. The average molecular weight is 408 g/mol. The molecule has 2 atom stereocenters. The fourth-order valence-corrected chi connectivity index (χ4v) is 4.18. The van der Waals surface area contributed by atoms with Gasteiger partial charge in [0.15, 0.2) is 5.69 Å². The molecule has 0 saturated carbocycles. The zero-order valence-electron chi connectivity index (χ0n) is 15.5. The summed E-state index contributed by atoms with van der Waals surface area (Å²) in [7, 11) is 0.203. The second-order valence-corrected chi connectivity index (χ2v) is 7.88. The molecule has 28 heavy (non-hydrogen) atoms. The maximum atomic E-state index is 13.0. The van der Waals surface area contributed by atoms with Crippen LogP contribution in [0.5, 0.6) is 5.75 Å². The number of nitrogens with zero attached hydrogens (tertiary/aromatic N) is 3. The van der Waals surface area contributed by atoms with Gasteiger partial charge in [0.1, 0.15) is 11.6 Å². The van der Waals surface area contributed by atoms with E-state index in [1.807, 2.05) is 0 Å². The lowest BCUT2D eigenvalue weighted by Gasteiger charge is -2.23. The second kappa shape index (κ2) is 8.19. The van der Waals surface area contributed by atoms with Crippen LogP contribution < -0.4 is 10.9 Å². The lowest BCUT2D eigenvalue weighted by molar-refractivity contribution is 0.0941. The smallest absolute Gasteiger partial charge is 0.296 e. The highest BCUT2D eigenvalue weighted by Gasteiger charge is 2.33. The first-order valence-corrected chi connectivity index (χ1v) is 10.2. The molecule has 1 aliphatic rings. The zero-order chi connectivity index (χ0) is 20.4. The first kappa shape index (κ1) is 20.2. The molecule has 2 N–H and O–H groups in total. The molecule has 0 spiro atoms. The molecule has 2 heterocycles. The molecule has 8 nitrogen and oxygen atoms in total.